The standard InChI is InChI=1S/C19H25F2N7O3S.C15H22BF2N3O2.C13H20ClN5O3S/c1-19(2)11-31-6-3-28(19)18-25-16(13-10-23-14(22)9-12(13)15(20)21)24-17(26-18)27-4-7-32(29,30)8-5-27;1-14(2)15(3,4)23-16(22-14)11-8-19-12(20-9-21(5)6)7-10(11)13(17)18;1-13(2)9-22-6-3-19(13)12-16-10(14)15-11(17-12)18-4-7-23(20,21)8-5-18/h9-10,15H,3-8,11H2,1-2H3,(H2,22,23);7-9,13H,1-6H3;3-9H2,1-2H3. The van der Waals surface area contributed by atoms with Crippen molar-refractivity contribution in [3.05, 3.63) is 40.9 Å². The molecule has 2 N–H and O–H groups in total. The highest BCUT2D eigenvalue weighted by atomic mass is 35.5. The number of nitrogen functional groups attached to an aromatic ring is 1. The van der Waals surface area contributed by atoms with Gasteiger partial charge in [-0.05, 0) is 79.1 Å². The molecular weight excluding hydrogens is 1090 g/mol. The molecule has 0 amide bonds. The zero-order valence-corrected chi connectivity index (χ0v) is 47.7. The number of ether oxygens (including phenoxy) is 2. The summed E-state index contributed by atoms with van der Waals surface area (Å²) in [7, 11) is -3.37. The van der Waals surface area contributed by atoms with Crippen molar-refractivity contribution in [2.45, 2.75) is 90.5 Å². The molecule has 0 unspecified atom stereocenters. The maximum atomic E-state index is 13.8. The second kappa shape index (κ2) is 23.7. The van der Waals surface area contributed by atoms with Crippen LogP contribution in [0.2, 0.25) is 5.28 Å². The van der Waals surface area contributed by atoms with Crippen LogP contribution in [0, 0.1) is 0 Å². The SMILES string of the molecule is CC1(C)COCCN1c1nc(-c2cnc(N)cc2C(F)F)nc(N2CCS(=O)(=O)CC2)n1.CC1(C)COCCN1c1nc(Cl)nc(N2CCS(=O)(=O)CC2)n1.CN(C)C=Nc1cc(C(F)F)c(B2OC(C)(C)C(C)(C)O2)cn1. The molecule has 5 aliphatic rings. The van der Waals surface area contributed by atoms with E-state index in [0.717, 1.165) is 6.07 Å². The number of aromatic nitrogens is 8. The maximum Gasteiger partial charge on any atom is 0.496 e. The van der Waals surface area contributed by atoms with Crippen molar-refractivity contribution in [2.75, 3.05) is 128 Å². The minimum absolute atomic E-state index is 0.0297. The fraction of sp³-hybridized carbons (Fsp3) is 0.638. The van der Waals surface area contributed by atoms with E-state index >= 15 is 0 Å². The molecule has 0 atom stereocenters. The van der Waals surface area contributed by atoms with Crippen LogP contribution in [0.1, 0.15) is 79.4 Å². The molecular formula is C47H67BClF4N15O8S2. The van der Waals surface area contributed by atoms with Gasteiger partial charge in [-0.1, -0.05) is 0 Å². The smallest absolute Gasteiger partial charge is 0.399 e. The summed E-state index contributed by atoms with van der Waals surface area (Å²) in [5.74, 6) is 1.84. The van der Waals surface area contributed by atoms with Gasteiger partial charge in [-0.3, -0.25) is 0 Å². The van der Waals surface area contributed by atoms with Crippen LogP contribution in [0.15, 0.2) is 29.5 Å². The van der Waals surface area contributed by atoms with E-state index < -0.39 is 56.4 Å². The summed E-state index contributed by atoms with van der Waals surface area (Å²) in [5, 5.41) is 0.112. The Morgan fingerprint density at radius 1 is 0.667 bits per heavy atom. The summed E-state index contributed by atoms with van der Waals surface area (Å²) < 4.78 is 124. The lowest BCUT2D eigenvalue weighted by molar-refractivity contribution is 0.00578. The van der Waals surface area contributed by atoms with Crippen LogP contribution >= 0.6 is 11.6 Å². The molecule has 0 aromatic carbocycles. The first-order valence-corrected chi connectivity index (χ1v) is 29.1. The van der Waals surface area contributed by atoms with E-state index in [2.05, 4.69) is 58.7 Å². The molecule has 5 fully saturated rings. The normalized spacial score (nSPS) is 21.3. The van der Waals surface area contributed by atoms with E-state index in [1.807, 2.05) is 56.2 Å². The minimum atomic E-state index is -3.12. The Hall–Kier alpha value is -5.40. The molecule has 9 rings (SSSR count). The number of aliphatic imine (C=N–C) groups is 1. The molecule has 0 spiro atoms. The highest BCUT2D eigenvalue weighted by molar-refractivity contribution is 7.91. The second-order valence-electron chi connectivity index (χ2n) is 21.5. The number of anilines is 5. The molecule has 428 valence electrons. The van der Waals surface area contributed by atoms with E-state index in [-0.39, 0.29) is 92.5 Å². The van der Waals surface area contributed by atoms with Crippen molar-refractivity contribution in [1.29, 1.82) is 0 Å². The van der Waals surface area contributed by atoms with Crippen molar-refractivity contribution < 1.29 is 53.2 Å². The zero-order valence-electron chi connectivity index (χ0n) is 45.3. The van der Waals surface area contributed by atoms with Crippen molar-refractivity contribution in [3.8, 4) is 11.4 Å². The molecule has 4 aromatic heterocycles. The number of pyridine rings is 2. The number of sulfone groups is 2. The molecule has 0 aliphatic carbocycles. The Bertz CT molecular complexity index is 3000. The van der Waals surface area contributed by atoms with E-state index in [1.165, 1.54) is 24.8 Å². The zero-order chi connectivity index (χ0) is 57.2. The molecule has 4 aromatic rings. The Balaban J connectivity index is 0.000000173. The fourth-order valence-corrected chi connectivity index (χ4v) is 11.1. The lowest BCUT2D eigenvalue weighted by Crippen LogP contribution is -2.54. The Morgan fingerprint density at radius 3 is 1.60 bits per heavy atom. The number of hydrogen-bond acceptors (Lipinski definition) is 22. The monoisotopic (exact) mass is 1160 g/mol. The lowest BCUT2D eigenvalue weighted by Gasteiger charge is -2.42. The first-order valence-electron chi connectivity index (χ1n) is 25.0. The van der Waals surface area contributed by atoms with Crippen LogP contribution in [0.25, 0.3) is 11.4 Å². The van der Waals surface area contributed by atoms with Crippen LogP contribution < -0.4 is 30.8 Å². The molecule has 5 saturated heterocycles. The number of nitrogens with zero attached hydrogens (tertiary/aromatic N) is 14. The fourth-order valence-electron chi connectivity index (χ4n) is 8.54. The van der Waals surface area contributed by atoms with Gasteiger partial charge in [-0.25, -0.2) is 49.4 Å². The summed E-state index contributed by atoms with van der Waals surface area (Å²) in [6.45, 7) is 20.0. The summed E-state index contributed by atoms with van der Waals surface area (Å²) in [4.78, 5) is 47.8. The molecule has 23 nitrogen and oxygen atoms in total. The number of hydrogen-bond donors (Lipinski definition) is 1. The largest absolute Gasteiger partial charge is 0.496 e. The summed E-state index contributed by atoms with van der Waals surface area (Å²) in [5.41, 5.74) is 3.51. The highest BCUT2D eigenvalue weighted by Crippen LogP contribution is 2.38. The van der Waals surface area contributed by atoms with Gasteiger partial charge in [0.25, 0.3) is 12.9 Å². The molecule has 9 heterocycles. The first kappa shape index (κ1) is 60.2. The van der Waals surface area contributed by atoms with Gasteiger partial charge < -0.3 is 49.0 Å². The molecule has 5 aliphatic heterocycles. The van der Waals surface area contributed by atoms with Crippen LogP contribution in [0.4, 0.5) is 53.0 Å². The van der Waals surface area contributed by atoms with Gasteiger partial charge in [-0.2, -0.15) is 29.9 Å². The quantitative estimate of drug-likeness (QED) is 0.101. The predicted molar refractivity (Wildman–Crippen MR) is 290 cm³/mol. The van der Waals surface area contributed by atoms with Crippen LogP contribution in [0.3, 0.4) is 0 Å². The third kappa shape index (κ3) is 14.7. The van der Waals surface area contributed by atoms with Gasteiger partial charge in [0.15, 0.2) is 31.3 Å². The Labute approximate surface area is 457 Å². The number of nitrogens with two attached hydrogens (primary N) is 1. The Kier molecular flexibility index (Phi) is 18.3. The van der Waals surface area contributed by atoms with Crippen molar-refractivity contribution in [3.63, 3.8) is 0 Å². The molecule has 31 heteroatoms. The van der Waals surface area contributed by atoms with Gasteiger partial charge in [0.05, 0.1) is 78.1 Å². The molecule has 0 radical (unpaired) electrons. The average molecular weight is 1160 g/mol. The number of morpholine rings is 2. The van der Waals surface area contributed by atoms with Crippen molar-refractivity contribution in [1.82, 2.24) is 44.8 Å². The van der Waals surface area contributed by atoms with Crippen LogP contribution in [-0.2, 0) is 38.5 Å². The number of alkyl halides is 4. The molecule has 0 bridgehead atoms. The van der Waals surface area contributed by atoms with Crippen LogP contribution in [0.5, 0.6) is 0 Å². The van der Waals surface area contributed by atoms with E-state index in [1.54, 1.807) is 23.9 Å². The second-order valence-corrected chi connectivity index (χ2v) is 26.5. The minimum Gasteiger partial charge on any atom is -0.399 e. The Morgan fingerprint density at radius 2 is 1.13 bits per heavy atom. The van der Waals surface area contributed by atoms with Crippen molar-refractivity contribution >= 4 is 85.6 Å². The molecule has 78 heavy (non-hydrogen) atoms. The lowest BCUT2D eigenvalue weighted by atomic mass is 9.77. The highest BCUT2D eigenvalue weighted by Gasteiger charge is 2.53. The summed E-state index contributed by atoms with van der Waals surface area (Å²) in [6, 6.07) is 2.38. The van der Waals surface area contributed by atoms with Gasteiger partial charge >= 0.3 is 7.12 Å². The maximum absolute atomic E-state index is 13.8. The van der Waals surface area contributed by atoms with E-state index in [9.17, 15) is 34.4 Å². The van der Waals surface area contributed by atoms with Gasteiger partial charge in [-0.15, -0.1) is 0 Å². The van der Waals surface area contributed by atoms with Gasteiger partial charge in [0.1, 0.15) is 5.82 Å². The number of halogens is 5. The van der Waals surface area contributed by atoms with Gasteiger partial charge in [0, 0.05) is 87.9 Å². The summed E-state index contributed by atoms with van der Waals surface area (Å²) >= 11 is 6.07. The topological polar surface area (TPSA) is 263 Å². The molecule has 0 saturated carbocycles. The third-order valence-corrected chi connectivity index (χ3v) is 17.2. The van der Waals surface area contributed by atoms with E-state index in [4.69, 9.17) is 36.1 Å². The summed E-state index contributed by atoms with van der Waals surface area (Å²) in [6.07, 6.45) is -1.39. The average Bonchev–Trinajstić information content (AvgIpc) is 3.69. The van der Waals surface area contributed by atoms with Crippen LogP contribution in [-0.4, -0.2) is 200 Å². The number of rotatable bonds is 10. The predicted octanol–water partition coefficient (Wildman–Crippen LogP) is 4.22. The third-order valence-electron chi connectivity index (χ3n) is 13.8. The van der Waals surface area contributed by atoms with Gasteiger partial charge in [0.2, 0.25) is 29.1 Å². The van der Waals surface area contributed by atoms with E-state index in [0.29, 0.717) is 70.5 Å². The first-order chi connectivity index (χ1) is 36.4. The van der Waals surface area contributed by atoms with Crippen molar-refractivity contribution in [2.24, 2.45) is 4.99 Å².